The fraction of sp³-hybridized carbons (Fsp3) is 0.0769. The Labute approximate surface area is 109 Å². The van der Waals surface area contributed by atoms with Gasteiger partial charge in [-0.3, -0.25) is 5.10 Å². The van der Waals surface area contributed by atoms with Crippen LogP contribution < -0.4 is 5.73 Å². The summed E-state index contributed by atoms with van der Waals surface area (Å²) >= 11 is 6.24. The molecule has 0 atom stereocenters. The summed E-state index contributed by atoms with van der Waals surface area (Å²) in [7, 11) is 0. The Morgan fingerprint density at radius 2 is 2.00 bits per heavy atom. The van der Waals surface area contributed by atoms with Crippen molar-refractivity contribution in [2.75, 3.05) is 5.73 Å². The molecule has 3 aromatic rings. The van der Waals surface area contributed by atoms with Crippen LogP contribution in [0.15, 0.2) is 30.3 Å². The number of aromatic amines is 1. The van der Waals surface area contributed by atoms with Gasteiger partial charge in [0.25, 0.3) is 0 Å². The molecule has 0 spiro atoms. The van der Waals surface area contributed by atoms with Crippen LogP contribution in [0, 0.1) is 6.92 Å². The van der Waals surface area contributed by atoms with Crippen LogP contribution in [-0.2, 0) is 0 Å². The van der Waals surface area contributed by atoms with Crippen molar-refractivity contribution in [3.8, 4) is 11.1 Å². The van der Waals surface area contributed by atoms with Crippen molar-refractivity contribution in [1.29, 1.82) is 0 Å². The monoisotopic (exact) mass is 258 g/mol. The number of nitrogen functional groups attached to an aromatic ring is 1. The Morgan fingerprint density at radius 1 is 1.22 bits per heavy atom. The van der Waals surface area contributed by atoms with Gasteiger partial charge in [0.05, 0.1) is 5.39 Å². The number of rotatable bonds is 1. The highest BCUT2D eigenvalue weighted by Crippen LogP contribution is 2.34. The molecule has 0 amide bonds. The number of anilines is 1. The first-order chi connectivity index (χ1) is 8.66. The van der Waals surface area contributed by atoms with Gasteiger partial charge in [-0.25, -0.2) is 4.98 Å². The molecule has 0 radical (unpaired) electrons. The van der Waals surface area contributed by atoms with E-state index in [4.69, 9.17) is 17.3 Å². The Hall–Kier alpha value is -2.07. The topological polar surface area (TPSA) is 67.6 Å². The number of aryl methyl sites for hydroxylation is 1. The first kappa shape index (κ1) is 11.0. The van der Waals surface area contributed by atoms with E-state index < -0.39 is 0 Å². The number of halogens is 1. The summed E-state index contributed by atoms with van der Waals surface area (Å²) in [5.41, 5.74) is 9.29. The zero-order chi connectivity index (χ0) is 12.7. The van der Waals surface area contributed by atoms with E-state index in [1.807, 2.05) is 37.3 Å². The molecule has 2 heterocycles. The van der Waals surface area contributed by atoms with Crippen LogP contribution in [0.4, 0.5) is 5.82 Å². The maximum absolute atomic E-state index is 6.24. The molecular weight excluding hydrogens is 248 g/mol. The molecule has 0 aliphatic rings. The smallest absolute Gasteiger partial charge is 0.183 e. The molecule has 4 nitrogen and oxygen atoms in total. The SMILES string of the molecule is Cc1cc(-c2ccccc2Cl)c2c(N)[nH]nc2n1. The minimum atomic E-state index is 0.507. The third-order valence-corrected chi connectivity index (χ3v) is 3.17. The summed E-state index contributed by atoms with van der Waals surface area (Å²) < 4.78 is 0. The summed E-state index contributed by atoms with van der Waals surface area (Å²) in [6, 6.07) is 9.63. The molecule has 0 saturated carbocycles. The highest BCUT2D eigenvalue weighted by molar-refractivity contribution is 6.33. The lowest BCUT2D eigenvalue weighted by Gasteiger charge is -2.07. The van der Waals surface area contributed by atoms with E-state index in [1.165, 1.54) is 0 Å². The van der Waals surface area contributed by atoms with Crippen LogP contribution in [0.2, 0.25) is 5.02 Å². The van der Waals surface area contributed by atoms with Crippen LogP contribution in [0.1, 0.15) is 5.69 Å². The summed E-state index contributed by atoms with van der Waals surface area (Å²) in [5.74, 6) is 0.507. The van der Waals surface area contributed by atoms with Gasteiger partial charge >= 0.3 is 0 Å². The predicted octanol–water partition coefficient (Wildman–Crippen LogP) is 3.17. The zero-order valence-electron chi connectivity index (χ0n) is 9.74. The minimum Gasteiger partial charge on any atom is -0.383 e. The first-order valence-electron chi connectivity index (χ1n) is 5.53. The molecule has 2 aromatic heterocycles. The number of benzene rings is 1. The second-order valence-corrected chi connectivity index (χ2v) is 4.53. The summed E-state index contributed by atoms with van der Waals surface area (Å²) in [6.45, 7) is 1.92. The Bertz CT molecular complexity index is 733. The second-order valence-electron chi connectivity index (χ2n) is 4.13. The van der Waals surface area contributed by atoms with Crippen LogP contribution >= 0.6 is 11.6 Å². The average Bonchev–Trinajstić information content (AvgIpc) is 2.71. The van der Waals surface area contributed by atoms with Gasteiger partial charge in [-0.05, 0) is 24.6 Å². The second kappa shape index (κ2) is 3.99. The Morgan fingerprint density at radius 3 is 2.78 bits per heavy atom. The molecule has 18 heavy (non-hydrogen) atoms. The number of nitrogens with one attached hydrogen (secondary N) is 1. The highest BCUT2D eigenvalue weighted by Gasteiger charge is 2.13. The lowest BCUT2D eigenvalue weighted by molar-refractivity contribution is 1.09. The Kier molecular flexibility index (Phi) is 2.45. The van der Waals surface area contributed by atoms with Gasteiger partial charge in [0.15, 0.2) is 5.65 Å². The lowest BCUT2D eigenvalue weighted by atomic mass is 10.0. The Balaban J connectivity index is 2.41. The molecule has 1 aromatic carbocycles. The maximum Gasteiger partial charge on any atom is 0.183 e. The maximum atomic E-state index is 6.24. The van der Waals surface area contributed by atoms with E-state index in [0.717, 1.165) is 22.2 Å². The van der Waals surface area contributed by atoms with E-state index in [2.05, 4.69) is 15.2 Å². The molecule has 0 saturated heterocycles. The number of aromatic nitrogens is 3. The number of H-pyrrole nitrogens is 1. The van der Waals surface area contributed by atoms with Crippen LogP contribution in [-0.4, -0.2) is 15.2 Å². The molecule has 0 bridgehead atoms. The molecule has 0 aliphatic heterocycles. The van der Waals surface area contributed by atoms with E-state index in [1.54, 1.807) is 0 Å². The van der Waals surface area contributed by atoms with Gasteiger partial charge in [0.1, 0.15) is 5.82 Å². The van der Waals surface area contributed by atoms with Crippen LogP contribution in [0.3, 0.4) is 0 Å². The van der Waals surface area contributed by atoms with Gasteiger partial charge in [0, 0.05) is 16.3 Å². The fourth-order valence-corrected chi connectivity index (χ4v) is 2.30. The van der Waals surface area contributed by atoms with Gasteiger partial charge in [0.2, 0.25) is 0 Å². The van der Waals surface area contributed by atoms with Crippen molar-refractivity contribution < 1.29 is 0 Å². The van der Waals surface area contributed by atoms with Crippen LogP contribution in [0.5, 0.6) is 0 Å². The summed E-state index contributed by atoms with van der Waals surface area (Å²) in [4.78, 5) is 4.35. The molecule has 0 aliphatic carbocycles. The van der Waals surface area contributed by atoms with E-state index in [-0.39, 0.29) is 0 Å². The predicted molar refractivity (Wildman–Crippen MR) is 73.5 cm³/mol. The number of nitrogens with two attached hydrogens (primary N) is 1. The van der Waals surface area contributed by atoms with Crippen molar-refractivity contribution in [2.24, 2.45) is 0 Å². The van der Waals surface area contributed by atoms with Crippen molar-refractivity contribution in [2.45, 2.75) is 6.92 Å². The molecule has 3 N–H and O–H groups in total. The molecule has 0 unspecified atom stereocenters. The van der Waals surface area contributed by atoms with E-state index in [0.29, 0.717) is 16.5 Å². The van der Waals surface area contributed by atoms with E-state index >= 15 is 0 Å². The summed E-state index contributed by atoms with van der Waals surface area (Å²) in [5, 5.41) is 8.35. The molecule has 5 heteroatoms. The largest absolute Gasteiger partial charge is 0.383 e. The molecule has 90 valence electrons. The van der Waals surface area contributed by atoms with Crippen molar-refractivity contribution in [3.63, 3.8) is 0 Å². The average molecular weight is 259 g/mol. The van der Waals surface area contributed by atoms with Gasteiger partial charge < -0.3 is 5.73 Å². The fourth-order valence-electron chi connectivity index (χ4n) is 2.06. The normalized spacial score (nSPS) is 11.0. The van der Waals surface area contributed by atoms with E-state index in [9.17, 15) is 0 Å². The van der Waals surface area contributed by atoms with Crippen LogP contribution in [0.25, 0.3) is 22.2 Å². The lowest BCUT2D eigenvalue weighted by Crippen LogP contribution is -1.90. The third kappa shape index (κ3) is 1.62. The standard InChI is InChI=1S/C13H11ClN4/c1-7-6-9(8-4-2-3-5-10(8)14)11-12(15)17-18-13(11)16-7/h2-6H,1H3,(H3,15,16,17,18). The minimum absolute atomic E-state index is 0.507. The van der Waals surface area contributed by atoms with Crippen molar-refractivity contribution in [1.82, 2.24) is 15.2 Å². The number of hydrogen-bond acceptors (Lipinski definition) is 3. The third-order valence-electron chi connectivity index (χ3n) is 2.84. The first-order valence-corrected chi connectivity index (χ1v) is 5.90. The molecule has 3 rings (SSSR count). The number of nitrogens with zero attached hydrogens (tertiary/aromatic N) is 2. The quantitative estimate of drug-likeness (QED) is 0.704. The molecule has 0 fully saturated rings. The highest BCUT2D eigenvalue weighted by atomic mass is 35.5. The van der Waals surface area contributed by atoms with Gasteiger partial charge in [-0.2, -0.15) is 5.10 Å². The number of hydrogen-bond donors (Lipinski definition) is 2. The summed E-state index contributed by atoms with van der Waals surface area (Å²) in [6.07, 6.45) is 0. The zero-order valence-corrected chi connectivity index (χ0v) is 10.5. The number of fused-ring (bicyclic) bond motifs is 1. The van der Waals surface area contributed by atoms with Crippen molar-refractivity contribution in [3.05, 3.63) is 41.0 Å². The van der Waals surface area contributed by atoms with Gasteiger partial charge in [-0.1, -0.05) is 29.8 Å². The van der Waals surface area contributed by atoms with Crippen molar-refractivity contribution >= 4 is 28.5 Å². The van der Waals surface area contributed by atoms with Gasteiger partial charge in [-0.15, -0.1) is 0 Å². The molecular formula is C13H11ClN4. The number of pyridine rings is 1.